The number of allylic oxidation sites excluding steroid dienone is 1. The number of carbonyl (C=O) groups excluding carboxylic acids is 4. The number of nitrogens with zero attached hydrogens (tertiary/aromatic N) is 3. The first kappa shape index (κ1) is 31.0. The molecule has 2 aliphatic heterocycles. The van der Waals surface area contributed by atoms with Crippen LogP contribution in [0.2, 0.25) is 0 Å². The van der Waals surface area contributed by atoms with E-state index in [1.54, 1.807) is 26.0 Å². The van der Waals surface area contributed by atoms with Gasteiger partial charge in [-0.05, 0) is 51.7 Å². The normalized spacial score (nSPS) is 30.8. The molecule has 0 bridgehead atoms. The standard InChI is InChI=1S/C31H38FN5O8/c1-12(38)36(4)7-8-37-6-5-13-11-34-22-19(23(13)37)21(32)15-9-14-10-16-24(35(2)3)27(41)20(30(33)44)29(43)31(16,45)28(42)17(14)25(39)18(15)26(22)40/h13-14,16,23-24,34,40-42,45H,5-11H2,1-4H3,(H2,33,44)/t13?,14-,16-,23?,24-,31-/m0/s1. The summed E-state index contributed by atoms with van der Waals surface area (Å²) in [6.07, 6.45) is 0.507. The molecule has 2 unspecified atom stereocenters. The van der Waals surface area contributed by atoms with Crippen molar-refractivity contribution in [3.63, 3.8) is 0 Å². The van der Waals surface area contributed by atoms with Gasteiger partial charge in [0.15, 0.2) is 17.1 Å². The fourth-order valence-corrected chi connectivity index (χ4v) is 8.30. The number of likely N-dealkylation sites (tertiary alicyclic amines) is 1. The fraction of sp³-hybridized carbons (Fsp3) is 0.548. The summed E-state index contributed by atoms with van der Waals surface area (Å²) in [7, 11) is 4.78. The lowest BCUT2D eigenvalue weighted by atomic mass is 9.58. The van der Waals surface area contributed by atoms with E-state index in [1.807, 2.05) is 0 Å². The molecule has 1 fully saturated rings. The van der Waals surface area contributed by atoms with Crippen molar-refractivity contribution in [2.24, 2.45) is 23.5 Å². The summed E-state index contributed by atoms with van der Waals surface area (Å²) in [4.78, 5) is 56.6. The van der Waals surface area contributed by atoms with Gasteiger partial charge in [0.2, 0.25) is 11.7 Å². The molecule has 45 heavy (non-hydrogen) atoms. The zero-order chi connectivity index (χ0) is 32.9. The highest BCUT2D eigenvalue weighted by atomic mass is 19.1. The average Bonchev–Trinajstić information content (AvgIpc) is 3.38. The van der Waals surface area contributed by atoms with Crippen molar-refractivity contribution in [3.05, 3.63) is 45.2 Å². The van der Waals surface area contributed by atoms with Gasteiger partial charge in [0.05, 0.1) is 17.3 Å². The van der Waals surface area contributed by atoms with Gasteiger partial charge in [-0.2, -0.15) is 0 Å². The third kappa shape index (κ3) is 4.22. The Morgan fingerprint density at radius 2 is 1.87 bits per heavy atom. The molecule has 0 spiro atoms. The van der Waals surface area contributed by atoms with E-state index in [9.17, 15) is 39.6 Å². The second-order valence-electron chi connectivity index (χ2n) is 13.1. The van der Waals surface area contributed by atoms with Crippen LogP contribution in [-0.4, -0.2) is 117 Å². The highest BCUT2D eigenvalue weighted by molar-refractivity contribution is 6.25. The van der Waals surface area contributed by atoms with Crippen LogP contribution in [0.3, 0.4) is 0 Å². The number of fused-ring (bicyclic) bond motifs is 6. The molecule has 1 saturated heterocycles. The van der Waals surface area contributed by atoms with Gasteiger partial charge in [0.25, 0.3) is 5.91 Å². The van der Waals surface area contributed by atoms with E-state index in [-0.39, 0.29) is 52.6 Å². The summed E-state index contributed by atoms with van der Waals surface area (Å²) in [5.74, 6) is -8.51. The van der Waals surface area contributed by atoms with Crippen LogP contribution in [0.15, 0.2) is 22.7 Å². The number of Topliss-reactive ketones (excluding diaryl/α,β-unsaturated/α-hetero) is 2. The molecule has 0 radical (unpaired) electrons. The number of nitrogens with two attached hydrogens (primary N) is 1. The number of amides is 2. The Balaban J connectivity index is 1.46. The minimum Gasteiger partial charge on any atom is -0.510 e. The summed E-state index contributed by atoms with van der Waals surface area (Å²) in [5.41, 5.74) is 1.31. The third-order valence-corrected chi connectivity index (χ3v) is 10.6. The third-order valence-electron chi connectivity index (χ3n) is 10.6. The Bertz CT molecular complexity index is 1620. The molecular weight excluding hydrogens is 589 g/mol. The molecule has 1 aromatic rings. The molecule has 6 rings (SSSR count). The van der Waals surface area contributed by atoms with Crippen LogP contribution in [0.25, 0.3) is 0 Å². The molecule has 2 heterocycles. The molecule has 0 saturated carbocycles. The number of ketones is 2. The van der Waals surface area contributed by atoms with Crippen molar-refractivity contribution in [2.45, 2.75) is 43.9 Å². The van der Waals surface area contributed by atoms with E-state index in [0.29, 0.717) is 26.2 Å². The lowest BCUT2D eigenvalue weighted by Crippen LogP contribution is -2.63. The fourth-order valence-electron chi connectivity index (χ4n) is 8.30. The first-order chi connectivity index (χ1) is 21.1. The number of anilines is 1. The summed E-state index contributed by atoms with van der Waals surface area (Å²) in [6.45, 7) is 3.47. The highest BCUT2D eigenvalue weighted by Crippen LogP contribution is 2.56. The van der Waals surface area contributed by atoms with Crippen molar-refractivity contribution in [3.8, 4) is 5.75 Å². The molecule has 1 aromatic carbocycles. The van der Waals surface area contributed by atoms with E-state index in [1.165, 1.54) is 11.8 Å². The molecule has 13 nitrogen and oxygen atoms in total. The zero-order valence-corrected chi connectivity index (χ0v) is 25.6. The number of aromatic hydroxyl groups is 1. The van der Waals surface area contributed by atoms with E-state index in [2.05, 4.69) is 10.2 Å². The number of phenols is 1. The number of hydrogen-bond donors (Lipinski definition) is 6. The van der Waals surface area contributed by atoms with Gasteiger partial charge in [0, 0.05) is 62.3 Å². The van der Waals surface area contributed by atoms with Crippen LogP contribution in [0, 0.1) is 23.6 Å². The van der Waals surface area contributed by atoms with E-state index < -0.39 is 75.7 Å². The highest BCUT2D eigenvalue weighted by Gasteiger charge is 2.63. The molecule has 242 valence electrons. The largest absolute Gasteiger partial charge is 0.510 e. The van der Waals surface area contributed by atoms with Crippen LogP contribution >= 0.6 is 0 Å². The quantitative estimate of drug-likeness (QED) is 0.197. The number of rotatable bonds is 5. The summed E-state index contributed by atoms with van der Waals surface area (Å²) < 4.78 is 16.8. The maximum absolute atomic E-state index is 16.8. The van der Waals surface area contributed by atoms with Gasteiger partial charge in [-0.25, -0.2) is 4.39 Å². The molecule has 0 aromatic heterocycles. The molecule has 6 atom stereocenters. The number of aliphatic hydroxyl groups excluding tert-OH is 2. The van der Waals surface area contributed by atoms with Gasteiger partial charge >= 0.3 is 0 Å². The summed E-state index contributed by atoms with van der Waals surface area (Å²) in [5, 5.41) is 48.8. The van der Waals surface area contributed by atoms with E-state index >= 15 is 4.39 Å². The van der Waals surface area contributed by atoms with Crippen molar-refractivity contribution < 1.29 is 44.0 Å². The molecule has 2 amide bonds. The van der Waals surface area contributed by atoms with Crippen LogP contribution in [-0.2, 0) is 20.8 Å². The molecule has 3 aliphatic carbocycles. The number of nitrogens with one attached hydrogen (secondary N) is 1. The van der Waals surface area contributed by atoms with Crippen molar-refractivity contribution in [2.75, 3.05) is 52.6 Å². The topological polar surface area (TPSA) is 197 Å². The Hall–Kier alpha value is -4.01. The lowest BCUT2D eigenvalue weighted by molar-refractivity contribution is -0.148. The summed E-state index contributed by atoms with van der Waals surface area (Å²) >= 11 is 0. The second-order valence-corrected chi connectivity index (χ2v) is 13.1. The molecule has 7 N–H and O–H groups in total. The van der Waals surface area contributed by atoms with Gasteiger partial charge in [-0.15, -0.1) is 0 Å². The van der Waals surface area contributed by atoms with Crippen molar-refractivity contribution >= 4 is 29.1 Å². The lowest BCUT2D eigenvalue weighted by Gasteiger charge is -2.50. The molecular formula is C31H38FN5O8. The number of aliphatic hydroxyl groups is 3. The van der Waals surface area contributed by atoms with Gasteiger partial charge in [-0.1, -0.05) is 0 Å². The van der Waals surface area contributed by atoms with E-state index in [4.69, 9.17) is 5.73 Å². The smallest absolute Gasteiger partial charge is 0.255 e. The average molecular weight is 628 g/mol. The number of benzene rings is 1. The van der Waals surface area contributed by atoms with Gasteiger partial charge < -0.3 is 36.4 Å². The second kappa shape index (κ2) is 10.5. The van der Waals surface area contributed by atoms with Gasteiger partial charge in [0.1, 0.15) is 22.9 Å². The molecule has 5 aliphatic rings. The van der Waals surface area contributed by atoms with Crippen LogP contribution in [0.4, 0.5) is 10.1 Å². The minimum absolute atomic E-state index is 0.0267. The predicted molar refractivity (Wildman–Crippen MR) is 158 cm³/mol. The Morgan fingerprint density at radius 1 is 1.18 bits per heavy atom. The number of phenolic OH excluding ortho intramolecular Hbond substituents is 1. The van der Waals surface area contributed by atoms with Crippen LogP contribution in [0.5, 0.6) is 5.75 Å². The monoisotopic (exact) mass is 627 g/mol. The number of halogens is 1. The Morgan fingerprint density at radius 3 is 2.49 bits per heavy atom. The van der Waals surface area contributed by atoms with Gasteiger partial charge in [-0.3, -0.25) is 29.0 Å². The first-order valence-electron chi connectivity index (χ1n) is 15.0. The predicted octanol–water partition coefficient (Wildman–Crippen LogP) is 0.527. The molecule has 14 heteroatoms. The Kier molecular flexibility index (Phi) is 7.25. The minimum atomic E-state index is -2.77. The summed E-state index contributed by atoms with van der Waals surface area (Å²) in [6, 6.07) is -1.54. The van der Waals surface area contributed by atoms with Crippen molar-refractivity contribution in [1.82, 2.24) is 14.7 Å². The number of likely N-dealkylation sites (N-methyl/N-ethyl adjacent to an activating group) is 2. The van der Waals surface area contributed by atoms with Crippen molar-refractivity contribution in [1.29, 1.82) is 0 Å². The van der Waals surface area contributed by atoms with Crippen LogP contribution in [0.1, 0.15) is 47.3 Å². The first-order valence-corrected chi connectivity index (χ1v) is 15.0. The van der Waals surface area contributed by atoms with E-state index in [0.717, 1.165) is 6.42 Å². The Labute approximate surface area is 258 Å². The number of primary amides is 1. The maximum atomic E-state index is 16.8. The SMILES string of the molecule is CC(=O)N(C)CCN1CCC2CNc3c(O)c4c(c(F)c3C21)C[C@H]1C[C@H]2[C@H](N(C)C)C(O)=C(C(N)=O)C(=O)[C@@]2(O)C(O)=C1C4=O. The number of hydrogen-bond acceptors (Lipinski definition) is 11. The van der Waals surface area contributed by atoms with Crippen LogP contribution < -0.4 is 11.1 Å². The number of carbonyl (C=O) groups is 4. The maximum Gasteiger partial charge on any atom is 0.255 e. The zero-order valence-electron chi connectivity index (χ0n) is 25.6.